The monoisotopic (exact) mass is 439 g/mol. The average Bonchev–Trinajstić information content (AvgIpc) is 2.84. The van der Waals surface area contributed by atoms with Gasteiger partial charge in [-0.3, -0.25) is 9.69 Å². The highest BCUT2D eigenvalue weighted by molar-refractivity contribution is 5.78. The average molecular weight is 440 g/mol. The first-order chi connectivity index (χ1) is 15.7. The van der Waals surface area contributed by atoms with Gasteiger partial charge in [-0.15, -0.1) is 0 Å². The van der Waals surface area contributed by atoms with Crippen molar-refractivity contribution in [2.75, 3.05) is 39.4 Å². The molecule has 2 aliphatic rings. The molecule has 32 heavy (non-hydrogen) atoms. The van der Waals surface area contributed by atoms with Gasteiger partial charge < -0.3 is 19.5 Å². The van der Waals surface area contributed by atoms with Gasteiger partial charge in [-0.1, -0.05) is 18.2 Å². The zero-order valence-electron chi connectivity index (χ0n) is 18.6. The minimum Gasteiger partial charge on any atom is -0.490 e. The van der Waals surface area contributed by atoms with Crippen molar-refractivity contribution in [2.24, 2.45) is 5.92 Å². The molecule has 7 heteroatoms. The summed E-state index contributed by atoms with van der Waals surface area (Å²) in [5, 5.41) is 9.51. The molecule has 1 atom stereocenters. The lowest BCUT2D eigenvalue weighted by molar-refractivity contribution is -0.134. The third-order valence-electron chi connectivity index (χ3n) is 6.16. The number of ether oxygens (including phenoxy) is 2. The number of likely N-dealkylation sites (tertiary alicyclic amines) is 1. The number of fused-ring (bicyclic) bond motifs is 2. The maximum Gasteiger partial charge on any atom is 0.236 e. The van der Waals surface area contributed by atoms with Crippen LogP contribution in [0.3, 0.4) is 0 Å². The molecule has 1 unspecified atom stereocenters. The molecule has 1 fully saturated rings. The Hall–Kier alpha value is -2.64. The number of piperidine rings is 1. The number of hydrogen-bond acceptors (Lipinski definition) is 6. The highest BCUT2D eigenvalue weighted by atomic mass is 16.5. The summed E-state index contributed by atoms with van der Waals surface area (Å²) in [5.41, 5.74) is 0.946. The molecule has 1 amide bonds. The molecule has 0 bridgehead atoms. The number of nitrogens with zero attached hydrogens (tertiary/aromatic N) is 3. The van der Waals surface area contributed by atoms with Crippen LogP contribution in [0.1, 0.15) is 37.7 Å². The molecule has 0 aliphatic carbocycles. The predicted molar refractivity (Wildman–Crippen MR) is 122 cm³/mol. The number of carbonyl (C=O) groups excluding carboxylic acids is 1. The van der Waals surface area contributed by atoms with E-state index in [1.165, 1.54) is 0 Å². The maximum absolute atomic E-state index is 13.1. The van der Waals surface area contributed by atoms with Crippen LogP contribution in [0.15, 0.2) is 42.6 Å². The van der Waals surface area contributed by atoms with Crippen LogP contribution < -0.4 is 9.47 Å². The maximum atomic E-state index is 13.1. The molecule has 1 aromatic heterocycles. The number of amides is 1. The molecule has 0 radical (unpaired) electrons. The van der Waals surface area contributed by atoms with Gasteiger partial charge >= 0.3 is 0 Å². The van der Waals surface area contributed by atoms with Crippen molar-refractivity contribution in [3.8, 4) is 17.4 Å². The van der Waals surface area contributed by atoms with Gasteiger partial charge in [0.05, 0.1) is 13.2 Å². The molecule has 1 N–H and O–H groups in total. The number of carbonyl (C=O) groups is 1. The summed E-state index contributed by atoms with van der Waals surface area (Å²) in [6, 6.07) is 11.6. The van der Waals surface area contributed by atoms with Crippen LogP contribution in [0.25, 0.3) is 0 Å². The first kappa shape index (κ1) is 22.6. The van der Waals surface area contributed by atoms with E-state index in [4.69, 9.17) is 9.47 Å². The molecule has 172 valence electrons. The Balaban J connectivity index is 1.51. The van der Waals surface area contributed by atoms with E-state index in [-0.39, 0.29) is 18.4 Å². The third kappa shape index (κ3) is 5.99. The fraction of sp³-hybridized carbons (Fsp3) is 0.520. The van der Waals surface area contributed by atoms with Crippen LogP contribution in [0.5, 0.6) is 17.4 Å². The van der Waals surface area contributed by atoms with Crippen molar-refractivity contribution in [3.63, 3.8) is 0 Å². The molecule has 1 aromatic carbocycles. The van der Waals surface area contributed by atoms with Gasteiger partial charge in [-0.05, 0) is 62.8 Å². The van der Waals surface area contributed by atoms with Crippen molar-refractivity contribution in [1.29, 1.82) is 0 Å². The molecular weight excluding hydrogens is 406 g/mol. The fourth-order valence-corrected chi connectivity index (χ4v) is 4.38. The number of aromatic nitrogens is 1. The Morgan fingerprint density at radius 3 is 2.81 bits per heavy atom. The van der Waals surface area contributed by atoms with E-state index in [0.717, 1.165) is 56.5 Å². The van der Waals surface area contributed by atoms with Crippen LogP contribution >= 0.6 is 0 Å². The number of para-hydroxylation sites is 2. The lowest BCUT2D eigenvalue weighted by atomic mass is 9.99. The number of benzene rings is 1. The van der Waals surface area contributed by atoms with E-state index in [0.29, 0.717) is 37.9 Å². The number of aliphatic hydroxyl groups excluding tert-OH is 1. The normalized spacial score (nSPS) is 20.4. The number of hydrogen-bond donors (Lipinski definition) is 1. The second kappa shape index (κ2) is 11.3. The van der Waals surface area contributed by atoms with Gasteiger partial charge in [0, 0.05) is 38.0 Å². The first-order valence-electron chi connectivity index (χ1n) is 11.7. The molecule has 1 saturated heterocycles. The van der Waals surface area contributed by atoms with E-state index in [2.05, 4.69) is 9.88 Å². The summed E-state index contributed by atoms with van der Waals surface area (Å²) < 4.78 is 12.1. The third-order valence-corrected chi connectivity index (χ3v) is 6.16. The molecule has 3 heterocycles. The predicted octanol–water partition coefficient (Wildman–Crippen LogP) is 3.47. The number of aliphatic hydroxyl groups is 1. The van der Waals surface area contributed by atoms with Gasteiger partial charge in [0.2, 0.25) is 11.8 Å². The molecule has 2 aromatic rings. The molecular formula is C25H33N3O4. The zero-order valence-corrected chi connectivity index (χ0v) is 18.6. The number of pyridine rings is 1. The Morgan fingerprint density at radius 1 is 1.06 bits per heavy atom. The SMILES string of the molecule is O=C(CN1CCCCCOc2ccccc2Oc2ncccc2C1)N1CCCC(CO)C1. The summed E-state index contributed by atoms with van der Waals surface area (Å²) in [7, 11) is 0. The minimum absolute atomic E-state index is 0.132. The van der Waals surface area contributed by atoms with Crippen LogP contribution in [-0.2, 0) is 11.3 Å². The molecule has 0 spiro atoms. The van der Waals surface area contributed by atoms with E-state index in [1.807, 2.05) is 41.3 Å². The summed E-state index contributed by atoms with van der Waals surface area (Å²) >= 11 is 0. The summed E-state index contributed by atoms with van der Waals surface area (Å²) in [4.78, 5) is 21.6. The minimum atomic E-state index is 0.132. The van der Waals surface area contributed by atoms with Gasteiger partial charge in [-0.2, -0.15) is 0 Å². The van der Waals surface area contributed by atoms with Crippen LogP contribution in [0.2, 0.25) is 0 Å². The van der Waals surface area contributed by atoms with Gasteiger partial charge in [0.25, 0.3) is 0 Å². The molecule has 2 aliphatic heterocycles. The van der Waals surface area contributed by atoms with Crippen molar-refractivity contribution >= 4 is 5.91 Å². The number of rotatable bonds is 3. The van der Waals surface area contributed by atoms with E-state index in [1.54, 1.807) is 6.20 Å². The topological polar surface area (TPSA) is 75.1 Å². The largest absolute Gasteiger partial charge is 0.490 e. The van der Waals surface area contributed by atoms with Gasteiger partial charge in [0.15, 0.2) is 11.5 Å². The van der Waals surface area contributed by atoms with E-state index >= 15 is 0 Å². The van der Waals surface area contributed by atoms with Crippen LogP contribution in [0.4, 0.5) is 0 Å². The van der Waals surface area contributed by atoms with Crippen molar-refractivity contribution < 1.29 is 19.4 Å². The van der Waals surface area contributed by atoms with E-state index in [9.17, 15) is 9.90 Å². The highest BCUT2D eigenvalue weighted by Gasteiger charge is 2.25. The summed E-state index contributed by atoms with van der Waals surface area (Å²) in [6.45, 7) is 3.98. The lowest BCUT2D eigenvalue weighted by Gasteiger charge is -2.33. The second-order valence-electron chi connectivity index (χ2n) is 8.67. The Bertz CT molecular complexity index is 891. The standard InChI is InChI=1S/C25H33N3O4/c29-19-20-8-7-14-28(16-20)24(30)18-27-13-4-1-5-15-31-22-10-2-3-11-23(22)32-25-21(17-27)9-6-12-26-25/h2-3,6,9-12,20,29H,1,4-5,7-8,13-19H2. The fourth-order valence-electron chi connectivity index (χ4n) is 4.38. The Morgan fingerprint density at radius 2 is 1.94 bits per heavy atom. The van der Waals surface area contributed by atoms with Crippen LogP contribution in [0, 0.1) is 5.92 Å². The Kier molecular flexibility index (Phi) is 7.96. The quantitative estimate of drug-likeness (QED) is 0.789. The lowest BCUT2D eigenvalue weighted by Crippen LogP contribution is -2.45. The molecule has 0 saturated carbocycles. The Labute approximate surface area is 190 Å². The van der Waals surface area contributed by atoms with Crippen LogP contribution in [-0.4, -0.2) is 65.2 Å². The van der Waals surface area contributed by atoms with E-state index < -0.39 is 0 Å². The van der Waals surface area contributed by atoms with Crippen molar-refractivity contribution in [2.45, 2.75) is 38.6 Å². The second-order valence-corrected chi connectivity index (χ2v) is 8.67. The highest BCUT2D eigenvalue weighted by Crippen LogP contribution is 2.32. The smallest absolute Gasteiger partial charge is 0.236 e. The summed E-state index contributed by atoms with van der Waals surface area (Å²) in [6.07, 6.45) is 6.64. The molecule has 7 nitrogen and oxygen atoms in total. The van der Waals surface area contributed by atoms with Gasteiger partial charge in [-0.25, -0.2) is 4.98 Å². The summed E-state index contributed by atoms with van der Waals surface area (Å²) in [5.74, 6) is 2.24. The zero-order chi connectivity index (χ0) is 22.2. The van der Waals surface area contributed by atoms with Crippen molar-refractivity contribution in [3.05, 3.63) is 48.2 Å². The van der Waals surface area contributed by atoms with Gasteiger partial charge in [0.1, 0.15) is 0 Å². The van der Waals surface area contributed by atoms with Crippen molar-refractivity contribution in [1.82, 2.24) is 14.8 Å². The first-order valence-corrected chi connectivity index (χ1v) is 11.7. The molecule has 4 rings (SSSR count).